The van der Waals surface area contributed by atoms with E-state index in [0.717, 1.165) is 5.56 Å². The van der Waals surface area contributed by atoms with E-state index >= 15 is 0 Å². The number of H-pyrrole nitrogens is 1. The van der Waals surface area contributed by atoms with Gasteiger partial charge in [-0.05, 0) is 60.9 Å². The molecule has 3 N–H and O–H groups in total. The number of esters is 1. The van der Waals surface area contributed by atoms with E-state index < -0.39 is 41.8 Å². The average Bonchev–Trinajstić information content (AvgIpc) is 3.77. The van der Waals surface area contributed by atoms with Gasteiger partial charge < -0.3 is 29.7 Å². The molecule has 3 atom stereocenters. The molecule has 0 saturated carbocycles. The number of hydrogen-bond acceptors (Lipinski definition) is 10. The van der Waals surface area contributed by atoms with E-state index in [1.165, 1.54) is 21.9 Å². The standard InChI is InChI=1S/C33H31N5O9/c39-26(29(40)34-23-13-11-21(12-14-23)28-35-33(44)47-36-28)27-31(42)37(16-17-45-27)24-9-4-8-22(18-24)30(41)38-15-5-10-25(38)32(43)46-19-20-6-2-1-3-7-20/h1-4,6-9,11-14,18,25-27,39H,5,10,15-17,19H2,(H,34,40)(H,35,36,44)/t25-,26+,27+/m0/s1. The predicted octanol–water partition coefficient (Wildman–Crippen LogP) is 2.11. The van der Waals surface area contributed by atoms with Gasteiger partial charge in [0.1, 0.15) is 12.6 Å². The number of nitrogens with one attached hydrogen (secondary N) is 2. The van der Waals surface area contributed by atoms with Gasteiger partial charge >= 0.3 is 11.7 Å². The third-order valence-corrected chi connectivity index (χ3v) is 7.96. The number of carbonyl (C=O) groups excluding carboxylic acids is 4. The molecular weight excluding hydrogens is 610 g/mol. The van der Waals surface area contributed by atoms with Crippen molar-refractivity contribution in [2.24, 2.45) is 0 Å². The summed E-state index contributed by atoms with van der Waals surface area (Å²) in [5.41, 5.74) is 2.35. The summed E-state index contributed by atoms with van der Waals surface area (Å²) < 4.78 is 15.5. The van der Waals surface area contributed by atoms with E-state index in [1.54, 1.807) is 36.4 Å². The fourth-order valence-electron chi connectivity index (χ4n) is 5.56. The molecule has 3 amide bonds. The van der Waals surface area contributed by atoms with Crippen LogP contribution in [0.15, 0.2) is 88.2 Å². The second-order valence-corrected chi connectivity index (χ2v) is 11.0. The highest BCUT2D eigenvalue weighted by atomic mass is 16.5. The smallest absolute Gasteiger partial charge is 0.439 e. The summed E-state index contributed by atoms with van der Waals surface area (Å²) in [5.74, 6) is -2.86. The maximum atomic E-state index is 13.6. The average molecular weight is 642 g/mol. The molecule has 1 aromatic heterocycles. The summed E-state index contributed by atoms with van der Waals surface area (Å²) in [6, 6.07) is 21.2. The van der Waals surface area contributed by atoms with Crippen LogP contribution < -0.4 is 16.0 Å². The van der Waals surface area contributed by atoms with Gasteiger partial charge in [-0.3, -0.25) is 23.9 Å². The summed E-state index contributed by atoms with van der Waals surface area (Å²) >= 11 is 0. The minimum absolute atomic E-state index is 0.0327. The van der Waals surface area contributed by atoms with E-state index in [0.29, 0.717) is 36.3 Å². The summed E-state index contributed by atoms with van der Waals surface area (Å²) in [4.78, 5) is 69.3. The van der Waals surface area contributed by atoms with Crippen molar-refractivity contribution in [1.82, 2.24) is 15.0 Å². The Hall–Kier alpha value is -5.60. The van der Waals surface area contributed by atoms with Gasteiger partial charge in [0.2, 0.25) is 0 Å². The first kappa shape index (κ1) is 31.4. The molecule has 14 nitrogen and oxygen atoms in total. The first-order chi connectivity index (χ1) is 22.8. The molecule has 14 heteroatoms. The van der Waals surface area contributed by atoms with Crippen LogP contribution in [0.2, 0.25) is 0 Å². The van der Waals surface area contributed by atoms with Gasteiger partial charge in [-0.2, -0.15) is 0 Å². The van der Waals surface area contributed by atoms with Crippen LogP contribution >= 0.6 is 0 Å². The number of morpholine rings is 1. The molecule has 0 radical (unpaired) electrons. The fourth-order valence-corrected chi connectivity index (χ4v) is 5.56. The van der Waals surface area contributed by atoms with Crippen molar-refractivity contribution in [3.63, 3.8) is 0 Å². The van der Waals surface area contributed by atoms with Crippen LogP contribution in [0.4, 0.5) is 11.4 Å². The van der Waals surface area contributed by atoms with Crippen molar-refractivity contribution in [2.45, 2.75) is 37.7 Å². The highest BCUT2D eigenvalue weighted by Crippen LogP contribution is 2.26. The monoisotopic (exact) mass is 641 g/mol. The Morgan fingerprint density at radius 2 is 1.81 bits per heavy atom. The number of aliphatic hydroxyl groups excluding tert-OH is 1. The molecule has 4 aromatic rings. The number of likely N-dealkylation sites (tertiary alicyclic amines) is 1. The van der Waals surface area contributed by atoms with Crippen molar-refractivity contribution in [1.29, 1.82) is 0 Å². The fraction of sp³-hybridized carbons (Fsp3) is 0.273. The van der Waals surface area contributed by atoms with Crippen LogP contribution in [-0.2, 0) is 30.5 Å². The number of aromatic amines is 1. The number of rotatable bonds is 9. The van der Waals surface area contributed by atoms with Crippen molar-refractivity contribution < 1.29 is 38.3 Å². The Morgan fingerprint density at radius 3 is 2.55 bits per heavy atom. The lowest BCUT2D eigenvalue weighted by molar-refractivity contribution is -0.150. The third-order valence-electron chi connectivity index (χ3n) is 7.96. The van der Waals surface area contributed by atoms with Gasteiger partial charge in [-0.25, -0.2) is 9.59 Å². The number of carbonyl (C=O) groups is 4. The molecule has 0 unspecified atom stereocenters. The molecule has 3 aromatic carbocycles. The molecule has 0 bridgehead atoms. The van der Waals surface area contributed by atoms with Gasteiger partial charge in [-0.15, -0.1) is 0 Å². The number of aliphatic hydroxyl groups is 1. The molecule has 2 fully saturated rings. The zero-order valence-electron chi connectivity index (χ0n) is 25.0. The molecule has 6 rings (SSSR count). The second-order valence-electron chi connectivity index (χ2n) is 11.0. The molecule has 47 heavy (non-hydrogen) atoms. The SMILES string of the molecule is O=C(Nc1ccc(-c2noc(=O)[nH]2)cc1)[C@H](O)[C@H]1OCCN(c2cccc(C(=O)N3CCC[C@H]3C(=O)OCc3ccccc3)c2)C1=O. The van der Waals surface area contributed by atoms with E-state index in [1.807, 2.05) is 30.3 Å². The van der Waals surface area contributed by atoms with E-state index in [9.17, 15) is 29.1 Å². The molecular formula is C33H31N5O9. The largest absolute Gasteiger partial charge is 0.459 e. The minimum atomic E-state index is -1.84. The quantitative estimate of drug-likeness (QED) is 0.229. The minimum Gasteiger partial charge on any atom is -0.459 e. The molecule has 2 saturated heterocycles. The van der Waals surface area contributed by atoms with Crippen LogP contribution in [0.5, 0.6) is 0 Å². The lowest BCUT2D eigenvalue weighted by atomic mass is 10.1. The third kappa shape index (κ3) is 6.98. The lowest BCUT2D eigenvalue weighted by Gasteiger charge is -2.34. The van der Waals surface area contributed by atoms with Crippen LogP contribution in [0.3, 0.4) is 0 Å². The Labute approximate surface area is 267 Å². The van der Waals surface area contributed by atoms with E-state index in [4.69, 9.17) is 9.47 Å². The number of ether oxygens (including phenoxy) is 2. The van der Waals surface area contributed by atoms with E-state index in [2.05, 4.69) is 20.0 Å². The zero-order chi connectivity index (χ0) is 32.9. The Kier molecular flexibility index (Phi) is 9.22. The van der Waals surface area contributed by atoms with Crippen LogP contribution in [0.1, 0.15) is 28.8 Å². The molecule has 0 aliphatic carbocycles. The van der Waals surface area contributed by atoms with Gasteiger partial charge in [0.25, 0.3) is 17.7 Å². The highest BCUT2D eigenvalue weighted by Gasteiger charge is 2.40. The first-order valence-corrected chi connectivity index (χ1v) is 15.0. The second kappa shape index (κ2) is 13.8. The van der Waals surface area contributed by atoms with Crippen LogP contribution in [0.25, 0.3) is 11.4 Å². The maximum Gasteiger partial charge on any atom is 0.439 e. The number of aromatic nitrogens is 2. The van der Waals surface area contributed by atoms with Gasteiger partial charge in [0, 0.05) is 35.6 Å². The molecule has 2 aliphatic heterocycles. The first-order valence-electron chi connectivity index (χ1n) is 15.0. The molecule has 3 heterocycles. The number of anilines is 2. The predicted molar refractivity (Wildman–Crippen MR) is 166 cm³/mol. The summed E-state index contributed by atoms with van der Waals surface area (Å²) in [6.45, 7) is 0.656. The summed E-state index contributed by atoms with van der Waals surface area (Å²) in [7, 11) is 0. The maximum absolute atomic E-state index is 13.6. The number of benzene rings is 3. The van der Waals surface area contributed by atoms with Crippen LogP contribution in [0, 0.1) is 0 Å². The topological polar surface area (TPSA) is 184 Å². The van der Waals surface area contributed by atoms with Crippen molar-refractivity contribution in [2.75, 3.05) is 29.9 Å². The highest BCUT2D eigenvalue weighted by molar-refractivity contribution is 6.05. The number of amides is 3. The number of hydrogen-bond donors (Lipinski definition) is 3. The lowest BCUT2D eigenvalue weighted by Crippen LogP contribution is -2.55. The van der Waals surface area contributed by atoms with Crippen LogP contribution in [-0.4, -0.2) is 81.8 Å². The molecule has 242 valence electrons. The number of nitrogens with zero attached hydrogens (tertiary/aromatic N) is 3. The van der Waals surface area contributed by atoms with Gasteiger partial charge in [-0.1, -0.05) is 41.6 Å². The molecule has 2 aliphatic rings. The Morgan fingerprint density at radius 1 is 1.02 bits per heavy atom. The summed E-state index contributed by atoms with van der Waals surface area (Å²) in [5, 5.41) is 16.9. The Balaban J connectivity index is 1.09. The van der Waals surface area contributed by atoms with Crippen molar-refractivity contribution in [3.8, 4) is 11.4 Å². The zero-order valence-corrected chi connectivity index (χ0v) is 25.0. The Bertz CT molecular complexity index is 1820. The van der Waals surface area contributed by atoms with E-state index in [-0.39, 0.29) is 37.1 Å². The van der Waals surface area contributed by atoms with Gasteiger partial charge in [0.05, 0.1) is 6.61 Å². The van der Waals surface area contributed by atoms with Crippen molar-refractivity contribution in [3.05, 3.63) is 101 Å². The van der Waals surface area contributed by atoms with Gasteiger partial charge in [0.15, 0.2) is 18.0 Å². The normalized spacial score (nSPS) is 18.5. The van der Waals surface area contributed by atoms with Crippen molar-refractivity contribution >= 4 is 35.1 Å². The summed E-state index contributed by atoms with van der Waals surface area (Å²) in [6.07, 6.45) is -2.21. The molecule has 0 spiro atoms.